The summed E-state index contributed by atoms with van der Waals surface area (Å²) in [5.74, 6) is 1.48. The fraction of sp³-hybridized carbons (Fsp3) is 0.167. The van der Waals surface area contributed by atoms with E-state index >= 15 is 0 Å². The van der Waals surface area contributed by atoms with Gasteiger partial charge in [-0.1, -0.05) is 6.07 Å². The Morgan fingerprint density at radius 2 is 1.76 bits per heavy atom. The summed E-state index contributed by atoms with van der Waals surface area (Å²) in [6.07, 6.45) is 3.52. The van der Waals surface area contributed by atoms with E-state index in [0.29, 0.717) is 17.1 Å². The SMILES string of the molecule is CNc1ccc(-c2ccc3ncc4c(c3c2)n(-c2ccc(OC)nc2OC)c(=O)n4C)cn1. The fourth-order valence-corrected chi connectivity index (χ4v) is 3.96. The molecule has 0 fully saturated rings. The summed E-state index contributed by atoms with van der Waals surface area (Å²) in [6, 6.07) is 13.4. The molecule has 0 aliphatic carbocycles. The van der Waals surface area contributed by atoms with Crippen LogP contribution in [0.15, 0.2) is 59.7 Å². The Morgan fingerprint density at radius 3 is 2.45 bits per heavy atom. The summed E-state index contributed by atoms with van der Waals surface area (Å²) in [5.41, 5.74) is 4.41. The summed E-state index contributed by atoms with van der Waals surface area (Å²) < 4.78 is 13.9. The average molecular weight is 442 g/mol. The van der Waals surface area contributed by atoms with Gasteiger partial charge < -0.3 is 14.8 Å². The van der Waals surface area contributed by atoms with Gasteiger partial charge in [-0.2, -0.15) is 4.98 Å². The van der Waals surface area contributed by atoms with Crippen molar-refractivity contribution in [3.05, 3.63) is 65.3 Å². The molecule has 0 saturated carbocycles. The third-order valence-corrected chi connectivity index (χ3v) is 5.69. The number of anilines is 1. The quantitative estimate of drug-likeness (QED) is 0.446. The van der Waals surface area contributed by atoms with E-state index in [9.17, 15) is 4.79 Å². The molecule has 4 heterocycles. The highest BCUT2D eigenvalue weighted by atomic mass is 16.5. The number of pyridine rings is 3. The zero-order valence-electron chi connectivity index (χ0n) is 18.7. The normalized spacial score (nSPS) is 11.2. The predicted molar refractivity (Wildman–Crippen MR) is 127 cm³/mol. The monoisotopic (exact) mass is 442 g/mol. The van der Waals surface area contributed by atoms with Gasteiger partial charge in [0.15, 0.2) is 0 Å². The first kappa shape index (κ1) is 20.5. The molecule has 0 amide bonds. The third kappa shape index (κ3) is 3.25. The number of aryl methyl sites for hydroxylation is 1. The van der Waals surface area contributed by atoms with Crippen LogP contribution >= 0.6 is 0 Å². The number of methoxy groups -OCH3 is 2. The van der Waals surface area contributed by atoms with Crippen molar-refractivity contribution in [2.45, 2.75) is 0 Å². The van der Waals surface area contributed by atoms with Crippen molar-refractivity contribution in [2.24, 2.45) is 7.05 Å². The van der Waals surface area contributed by atoms with Crippen LogP contribution in [0.1, 0.15) is 0 Å². The van der Waals surface area contributed by atoms with E-state index in [-0.39, 0.29) is 11.6 Å². The van der Waals surface area contributed by atoms with Crippen molar-refractivity contribution in [1.82, 2.24) is 24.1 Å². The van der Waals surface area contributed by atoms with Crippen molar-refractivity contribution in [2.75, 3.05) is 26.6 Å². The Labute approximate surface area is 189 Å². The van der Waals surface area contributed by atoms with E-state index in [1.54, 1.807) is 34.5 Å². The number of ether oxygens (including phenoxy) is 2. The molecule has 1 N–H and O–H groups in total. The molecule has 5 rings (SSSR count). The minimum absolute atomic E-state index is 0.227. The second-order valence-corrected chi connectivity index (χ2v) is 7.47. The molecule has 5 aromatic rings. The number of benzene rings is 1. The maximum absolute atomic E-state index is 13.3. The molecule has 0 bridgehead atoms. The number of hydrogen-bond acceptors (Lipinski definition) is 7. The van der Waals surface area contributed by atoms with Crippen LogP contribution < -0.4 is 20.5 Å². The van der Waals surface area contributed by atoms with Crippen LogP contribution in [0.4, 0.5) is 5.82 Å². The number of nitrogens with one attached hydrogen (secondary N) is 1. The molecule has 4 aromatic heterocycles. The smallest absolute Gasteiger partial charge is 0.333 e. The summed E-state index contributed by atoms with van der Waals surface area (Å²) in [6.45, 7) is 0. The Hall–Kier alpha value is -4.40. The van der Waals surface area contributed by atoms with Gasteiger partial charge in [-0.05, 0) is 35.9 Å². The first-order chi connectivity index (χ1) is 16.0. The molecule has 0 atom stereocenters. The maximum Gasteiger partial charge on any atom is 0.333 e. The molecule has 9 heteroatoms. The molecule has 166 valence electrons. The third-order valence-electron chi connectivity index (χ3n) is 5.69. The second-order valence-electron chi connectivity index (χ2n) is 7.47. The number of fused-ring (bicyclic) bond motifs is 3. The molecule has 0 unspecified atom stereocenters. The summed E-state index contributed by atoms with van der Waals surface area (Å²) in [7, 11) is 6.60. The van der Waals surface area contributed by atoms with E-state index < -0.39 is 0 Å². The first-order valence-electron chi connectivity index (χ1n) is 10.3. The zero-order valence-corrected chi connectivity index (χ0v) is 18.7. The van der Waals surface area contributed by atoms with Crippen LogP contribution in [0.3, 0.4) is 0 Å². The summed E-state index contributed by atoms with van der Waals surface area (Å²) >= 11 is 0. The maximum atomic E-state index is 13.3. The van der Waals surface area contributed by atoms with E-state index in [4.69, 9.17) is 9.47 Å². The van der Waals surface area contributed by atoms with Gasteiger partial charge in [0.25, 0.3) is 0 Å². The Balaban J connectivity index is 1.82. The minimum atomic E-state index is -0.227. The van der Waals surface area contributed by atoms with E-state index in [2.05, 4.69) is 20.3 Å². The molecule has 0 aliphatic heterocycles. The predicted octanol–water partition coefficient (Wildman–Crippen LogP) is 3.39. The molecule has 33 heavy (non-hydrogen) atoms. The van der Waals surface area contributed by atoms with Crippen LogP contribution in [0.2, 0.25) is 0 Å². The van der Waals surface area contributed by atoms with Gasteiger partial charge in [0.05, 0.1) is 37.0 Å². The lowest BCUT2D eigenvalue weighted by molar-refractivity contribution is 0.363. The lowest BCUT2D eigenvalue weighted by Gasteiger charge is -2.11. The number of rotatable bonds is 5. The standard InChI is InChI=1S/C24H22N6O3/c1-25-20-9-6-15(12-27-20)14-5-7-17-16(11-14)22-19(13-26-17)29(2)24(31)30(22)18-8-10-21(32-3)28-23(18)33-4/h5-13H,1-4H3,(H,25,27). The summed E-state index contributed by atoms with van der Waals surface area (Å²) in [5, 5.41) is 3.86. The number of imidazole rings is 1. The molecule has 0 aliphatic rings. The van der Waals surface area contributed by atoms with Crippen LogP contribution in [0, 0.1) is 0 Å². The van der Waals surface area contributed by atoms with Crippen LogP contribution in [-0.2, 0) is 7.05 Å². The van der Waals surface area contributed by atoms with Gasteiger partial charge in [0, 0.05) is 37.3 Å². The molecular formula is C24H22N6O3. The van der Waals surface area contributed by atoms with Crippen molar-refractivity contribution >= 4 is 27.8 Å². The minimum Gasteiger partial charge on any atom is -0.481 e. The highest BCUT2D eigenvalue weighted by Crippen LogP contribution is 2.32. The average Bonchev–Trinajstić information content (AvgIpc) is 3.13. The highest BCUT2D eigenvalue weighted by Gasteiger charge is 2.20. The first-order valence-corrected chi connectivity index (χ1v) is 10.3. The Bertz CT molecular complexity index is 1550. The van der Waals surface area contributed by atoms with Crippen molar-refractivity contribution in [3.63, 3.8) is 0 Å². The van der Waals surface area contributed by atoms with Gasteiger partial charge in [0.1, 0.15) is 11.5 Å². The molecule has 0 saturated heterocycles. The highest BCUT2D eigenvalue weighted by molar-refractivity contribution is 6.04. The topological polar surface area (TPSA) is 96.1 Å². The fourth-order valence-electron chi connectivity index (χ4n) is 3.96. The van der Waals surface area contributed by atoms with Crippen LogP contribution in [0.25, 0.3) is 38.8 Å². The molecule has 0 radical (unpaired) electrons. The van der Waals surface area contributed by atoms with Gasteiger partial charge >= 0.3 is 5.69 Å². The number of hydrogen-bond donors (Lipinski definition) is 1. The van der Waals surface area contributed by atoms with Crippen LogP contribution in [0.5, 0.6) is 11.8 Å². The lowest BCUT2D eigenvalue weighted by Crippen LogP contribution is -2.21. The van der Waals surface area contributed by atoms with E-state index in [0.717, 1.165) is 33.4 Å². The van der Waals surface area contributed by atoms with Crippen molar-refractivity contribution in [1.29, 1.82) is 0 Å². The number of aromatic nitrogens is 5. The zero-order chi connectivity index (χ0) is 23.1. The Morgan fingerprint density at radius 1 is 0.939 bits per heavy atom. The number of nitrogens with zero attached hydrogens (tertiary/aromatic N) is 5. The van der Waals surface area contributed by atoms with Gasteiger partial charge in [-0.15, -0.1) is 0 Å². The van der Waals surface area contributed by atoms with Gasteiger partial charge in [-0.25, -0.2) is 9.78 Å². The summed E-state index contributed by atoms with van der Waals surface area (Å²) in [4.78, 5) is 26.7. The van der Waals surface area contributed by atoms with Crippen molar-refractivity contribution in [3.8, 4) is 28.6 Å². The largest absolute Gasteiger partial charge is 0.481 e. The lowest BCUT2D eigenvalue weighted by atomic mass is 10.0. The molecule has 9 nitrogen and oxygen atoms in total. The van der Waals surface area contributed by atoms with Crippen LogP contribution in [-0.4, -0.2) is 45.4 Å². The molecular weight excluding hydrogens is 420 g/mol. The Kier molecular flexibility index (Phi) is 4.93. The molecule has 0 spiro atoms. The van der Waals surface area contributed by atoms with E-state index in [1.807, 2.05) is 43.6 Å². The molecule has 1 aromatic carbocycles. The van der Waals surface area contributed by atoms with E-state index in [1.165, 1.54) is 14.2 Å². The van der Waals surface area contributed by atoms with Gasteiger partial charge in [0.2, 0.25) is 11.8 Å². The van der Waals surface area contributed by atoms with Crippen molar-refractivity contribution < 1.29 is 9.47 Å². The second kappa shape index (κ2) is 7.94. The van der Waals surface area contributed by atoms with Gasteiger partial charge in [-0.3, -0.25) is 14.1 Å².